The molecule has 0 saturated heterocycles. The van der Waals surface area contributed by atoms with E-state index in [0.29, 0.717) is 0 Å². The highest BCUT2D eigenvalue weighted by molar-refractivity contribution is 6.19. The van der Waals surface area contributed by atoms with Gasteiger partial charge in [-0.15, -0.1) is 23.2 Å². The predicted molar refractivity (Wildman–Crippen MR) is 49.4 cm³/mol. The van der Waals surface area contributed by atoms with Gasteiger partial charge in [-0.3, -0.25) is 0 Å². The maximum absolute atomic E-state index is 10.9. The van der Waals surface area contributed by atoms with Crippen molar-refractivity contribution in [2.45, 2.75) is 6.04 Å². The predicted octanol–water partition coefficient (Wildman–Crippen LogP) is 0.216. The van der Waals surface area contributed by atoms with Crippen LogP contribution in [0.15, 0.2) is 0 Å². The van der Waals surface area contributed by atoms with Crippen LogP contribution in [0.2, 0.25) is 0 Å². The van der Waals surface area contributed by atoms with E-state index in [1.54, 1.807) is 0 Å². The Morgan fingerprint density at radius 1 is 1.38 bits per heavy atom. The minimum atomic E-state index is -1.17. The third-order valence-electron chi connectivity index (χ3n) is 1.14. The van der Waals surface area contributed by atoms with Gasteiger partial charge in [0.2, 0.25) is 0 Å². The zero-order valence-electron chi connectivity index (χ0n) is 6.72. The summed E-state index contributed by atoms with van der Waals surface area (Å²) in [5, 5.41) is 13.0. The number of alkyl halides is 2. The molecular weight excluding hydrogens is 219 g/mol. The van der Waals surface area contributed by atoms with Crippen LogP contribution in [0.4, 0.5) is 4.79 Å². The first-order valence-electron chi connectivity index (χ1n) is 3.51. The van der Waals surface area contributed by atoms with Crippen molar-refractivity contribution in [3.05, 3.63) is 0 Å². The number of carboxylic acids is 1. The third-order valence-corrected chi connectivity index (χ3v) is 1.64. The molecule has 5 nitrogen and oxygen atoms in total. The van der Waals surface area contributed by atoms with Crippen LogP contribution < -0.4 is 10.6 Å². The summed E-state index contributed by atoms with van der Waals surface area (Å²) in [5.74, 6) is -1.08. The van der Waals surface area contributed by atoms with Crippen LogP contribution in [-0.2, 0) is 4.79 Å². The number of halogens is 2. The molecule has 1 unspecified atom stereocenters. The van der Waals surface area contributed by atoms with E-state index in [1.165, 1.54) is 0 Å². The molecule has 0 aromatic rings. The molecule has 0 heterocycles. The van der Waals surface area contributed by atoms with Crippen molar-refractivity contribution in [3.8, 4) is 0 Å². The minimum absolute atomic E-state index is 0.177. The Morgan fingerprint density at radius 3 is 2.38 bits per heavy atom. The number of carbonyl (C=O) groups is 2. The summed E-state index contributed by atoms with van der Waals surface area (Å²) < 4.78 is 0. The van der Waals surface area contributed by atoms with Crippen molar-refractivity contribution in [3.63, 3.8) is 0 Å². The van der Waals surface area contributed by atoms with Crippen LogP contribution in [0.25, 0.3) is 0 Å². The Kier molecular flexibility index (Phi) is 6.44. The van der Waals surface area contributed by atoms with Gasteiger partial charge in [-0.05, 0) is 0 Å². The van der Waals surface area contributed by atoms with Gasteiger partial charge in [0.25, 0.3) is 0 Å². The molecule has 0 aromatic carbocycles. The molecule has 0 rings (SSSR count). The van der Waals surface area contributed by atoms with Crippen LogP contribution in [0, 0.1) is 0 Å². The average Bonchev–Trinajstić information content (AvgIpc) is 2.10. The molecule has 0 aliphatic rings. The summed E-state index contributed by atoms with van der Waals surface area (Å²) in [6, 6.07) is -1.66. The van der Waals surface area contributed by atoms with E-state index in [-0.39, 0.29) is 18.3 Å². The maximum Gasteiger partial charge on any atom is 0.327 e. The van der Waals surface area contributed by atoms with Gasteiger partial charge in [-0.25, -0.2) is 9.59 Å². The first-order chi connectivity index (χ1) is 6.11. The normalized spacial score (nSPS) is 11.8. The van der Waals surface area contributed by atoms with Crippen molar-refractivity contribution < 1.29 is 14.7 Å². The molecule has 0 aliphatic carbocycles. The van der Waals surface area contributed by atoms with Gasteiger partial charge in [0, 0.05) is 12.4 Å². The molecule has 0 bridgehead atoms. The highest BCUT2D eigenvalue weighted by Crippen LogP contribution is 1.88. The van der Waals surface area contributed by atoms with E-state index in [0.717, 1.165) is 0 Å². The molecule has 3 N–H and O–H groups in total. The molecule has 1 atom stereocenters. The third kappa shape index (κ3) is 5.54. The molecule has 0 spiro atoms. The topological polar surface area (TPSA) is 78.4 Å². The average molecular weight is 229 g/mol. The van der Waals surface area contributed by atoms with Crippen LogP contribution >= 0.6 is 23.2 Å². The lowest BCUT2D eigenvalue weighted by atomic mass is 10.3. The molecule has 0 fully saturated rings. The van der Waals surface area contributed by atoms with Gasteiger partial charge in [-0.2, -0.15) is 0 Å². The van der Waals surface area contributed by atoms with E-state index in [4.69, 9.17) is 28.3 Å². The number of amides is 2. The first-order valence-corrected chi connectivity index (χ1v) is 4.57. The lowest BCUT2D eigenvalue weighted by molar-refractivity contribution is -0.138. The van der Waals surface area contributed by atoms with Crippen LogP contribution in [-0.4, -0.2) is 41.5 Å². The number of urea groups is 1. The quantitative estimate of drug-likeness (QED) is 0.590. The Labute approximate surface area is 85.4 Å². The maximum atomic E-state index is 10.9. The van der Waals surface area contributed by atoms with Crippen LogP contribution in [0.1, 0.15) is 0 Å². The molecule has 2 amide bonds. The Balaban J connectivity index is 3.80. The SMILES string of the molecule is O=C(NCCCl)NC(CCl)C(=O)O. The second kappa shape index (κ2) is 6.80. The first kappa shape index (κ1) is 12.3. The molecule has 0 aliphatic heterocycles. The highest BCUT2D eigenvalue weighted by Gasteiger charge is 2.17. The van der Waals surface area contributed by atoms with Crippen molar-refractivity contribution in [1.82, 2.24) is 10.6 Å². The van der Waals surface area contributed by atoms with Gasteiger partial charge in [0.15, 0.2) is 0 Å². The van der Waals surface area contributed by atoms with Gasteiger partial charge in [-0.1, -0.05) is 0 Å². The Hall–Kier alpha value is -0.680. The second-order valence-corrected chi connectivity index (χ2v) is 2.82. The smallest absolute Gasteiger partial charge is 0.327 e. The highest BCUT2D eigenvalue weighted by atomic mass is 35.5. The zero-order chi connectivity index (χ0) is 10.3. The van der Waals surface area contributed by atoms with Crippen molar-refractivity contribution in [2.24, 2.45) is 0 Å². The van der Waals surface area contributed by atoms with Crippen molar-refractivity contribution in [1.29, 1.82) is 0 Å². The van der Waals surface area contributed by atoms with Crippen LogP contribution in [0.3, 0.4) is 0 Å². The molecule has 0 radical (unpaired) electrons. The summed E-state index contributed by atoms with van der Waals surface area (Å²) in [6.07, 6.45) is 0. The van der Waals surface area contributed by atoms with Gasteiger partial charge >= 0.3 is 12.0 Å². The largest absolute Gasteiger partial charge is 0.480 e. The molecule has 76 valence electrons. The van der Waals surface area contributed by atoms with E-state index < -0.39 is 18.0 Å². The van der Waals surface area contributed by atoms with E-state index in [9.17, 15) is 9.59 Å². The van der Waals surface area contributed by atoms with Gasteiger partial charge in [0.05, 0.1) is 5.88 Å². The summed E-state index contributed by atoms with van der Waals surface area (Å²) in [4.78, 5) is 21.3. The molecule has 13 heavy (non-hydrogen) atoms. The number of rotatable bonds is 5. The number of nitrogens with one attached hydrogen (secondary N) is 2. The van der Waals surface area contributed by atoms with Crippen molar-refractivity contribution >= 4 is 35.2 Å². The molecule has 0 aromatic heterocycles. The Bertz CT molecular complexity index is 189. The minimum Gasteiger partial charge on any atom is -0.480 e. The van der Waals surface area contributed by atoms with Crippen LogP contribution in [0.5, 0.6) is 0 Å². The van der Waals surface area contributed by atoms with E-state index in [2.05, 4.69) is 10.6 Å². The fourth-order valence-corrected chi connectivity index (χ4v) is 0.840. The standard InChI is InChI=1S/C6H10Cl2N2O3/c7-1-2-9-6(13)10-4(3-8)5(11)12/h4H,1-3H2,(H,11,12)(H2,9,10,13). The number of aliphatic carboxylic acids is 1. The van der Waals surface area contributed by atoms with E-state index in [1.807, 2.05) is 0 Å². The zero-order valence-corrected chi connectivity index (χ0v) is 8.23. The lowest BCUT2D eigenvalue weighted by Gasteiger charge is -2.11. The lowest BCUT2D eigenvalue weighted by Crippen LogP contribution is -2.47. The number of hydrogen-bond acceptors (Lipinski definition) is 2. The molecule has 0 saturated carbocycles. The fraction of sp³-hybridized carbons (Fsp3) is 0.667. The molecule has 7 heteroatoms. The summed E-state index contributed by atoms with van der Waals surface area (Å²) >= 11 is 10.6. The second-order valence-electron chi connectivity index (χ2n) is 2.13. The number of hydrogen-bond donors (Lipinski definition) is 3. The molecular formula is C6H10Cl2N2O3. The van der Waals surface area contributed by atoms with Gasteiger partial charge < -0.3 is 15.7 Å². The summed E-state index contributed by atoms with van der Waals surface area (Å²) in [5.41, 5.74) is 0. The summed E-state index contributed by atoms with van der Waals surface area (Å²) in [7, 11) is 0. The monoisotopic (exact) mass is 228 g/mol. The Morgan fingerprint density at radius 2 is 2.00 bits per heavy atom. The summed E-state index contributed by atoms with van der Waals surface area (Å²) in [6.45, 7) is 0.280. The van der Waals surface area contributed by atoms with Crippen molar-refractivity contribution in [2.75, 3.05) is 18.3 Å². The number of carboxylic acid groups (broad SMARTS) is 1. The fourth-order valence-electron chi connectivity index (χ4n) is 0.536. The van der Waals surface area contributed by atoms with E-state index >= 15 is 0 Å². The van der Waals surface area contributed by atoms with Gasteiger partial charge in [0.1, 0.15) is 6.04 Å². The number of carbonyl (C=O) groups excluding carboxylic acids is 1.